The van der Waals surface area contributed by atoms with Crippen LogP contribution in [0.15, 0.2) is 59.1 Å². The maximum absolute atomic E-state index is 11.9. The molecule has 2 rings (SSSR count). The summed E-state index contributed by atoms with van der Waals surface area (Å²) in [4.78, 5) is 11.9. The molecule has 3 nitrogen and oxygen atoms in total. The molecule has 4 heteroatoms. The van der Waals surface area contributed by atoms with Crippen molar-refractivity contribution in [1.82, 2.24) is 10.6 Å². The third kappa shape index (κ3) is 5.23. The summed E-state index contributed by atoms with van der Waals surface area (Å²) in [6.07, 6.45) is 0.834. The van der Waals surface area contributed by atoms with Crippen molar-refractivity contribution in [3.8, 4) is 0 Å². The van der Waals surface area contributed by atoms with Gasteiger partial charge >= 0.3 is 6.03 Å². The van der Waals surface area contributed by atoms with Crippen LogP contribution in [-0.2, 0) is 6.42 Å². The van der Waals surface area contributed by atoms with Crippen LogP contribution in [0.2, 0.25) is 0 Å². The van der Waals surface area contributed by atoms with Crippen molar-refractivity contribution in [2.24, 2.45) is 0 Å². The zero-order valence-electron chi connectivity index (χ0n) is 12.0. The molecular weight excluding hydrogens is 328 g/mol. The molecule has 0 spiro atoms. The molecule has 2 aromatic rings. The Morgan fingerprint density at radius 2 is 1.76 bits per heavy atom. The van der Waals surface area contributed by atoms with Gasteiger partial charge in [0.2, 0.25) is 0 Å². The molecule has 0 radical (unpaired) electrons. The number of hydrogen-bond acceptors (Lipinski definition) is 1. The normalized spacial score (nSPS) is 11.7. The molecule has 2 N–H and O–H groups in total. The summed E-state index contributed by atoms with van der Waals surface area (Å²) in [6.45, 7) is 2.60. The van der Waals surface area contributed by atoms with Gasteiger partial charge in [0, 0.05) is 11.0 Å². The number of carbonyl (C=O) groups is 1. The van der Waals surface area contributed by atoms with E-state index in [9.17, 15) is 4.79 Å². The topological polar surface area (TPSA) is 41.1 Å². The zero-order chi connectivity index (χ0) is 15.1. The second kappa shape index (κ2) is 7.84. The van der Waals surface area contributed by atoms with Gasteiger partial charge in [-0.3, -0.25) is 0 Å². The maximum Gasteiger partial charge on any atom is 0.315 e. The van der Waals surface area contributed by atoms with Gasteiger partial charge in [0.25, 0.3) is 0 Å². The highest BCUT2D eigenvalue weighted by Gasteiger charge is 2.08. The molecule has 0 unspecified atom stereocenters. The van der Waals surface area contributed by atoms with Crippen LogP contribution in [0.25, 0.3) is 0 Å². The number of amides is 2. The molecule has 21 heavy (non-hydrogen) atoms. The summed E-state index contributed by atoms with van der Waals surface area (Å²) >= 11 is 3.40. The quantitative estimate of drug-likeness (QED) is 0.842. The summed E-state index contributed by atoms with van der Waals surface area (Å²) in [5.41, 5.74) is 2.30. The first-order valence-electron chi connectivity index (χ1n) is 6.99. The summed E-state index contributed by atoms with van der Waals surface area (Å²) in [7, 11) is 0. The highest BCUT2D eigenvalue weighted by molar-refractivity contribution is 9.10. The predicted octanol–water partition coefficient (Wildman–Crippen LogP) is 4.05. The highest BCUT2D eigenvalue weighted by Crippen LogP contribution is 2.16. The van der Waals surface area contributed by atoms with E-state index < -0.39 is 0 Å². The predicted molar refractivity (Wildman–Crippen MR) is 89.2 cm³/mol. The van der Waals surface area contributed by atoms with Gasteiger partial charge in [-0.15, -0.1) is 0 Å². The molecule has 0 heterocycles. The smallest absolute Gasteiger partial charge is 0.315 e. The molecule has 0 aliphatic carbocycles. The third-order valence-electron chi connectivity index (χ3n) is 3.26. The lowest BCUT2D eigenvalue weighted by Crippen LogP contribution is -2.38. The van der Waals surface area contributed by atoms with Gasteiger partial charge in [-0.1, -0.05) is 58.4 Å². The molecule has 2 amide bonds. The van der Waals surface area contributed by atoms with Gasteiger partial charge in [-0.05, 0) is 36.6 Å². The molecule has 0 saturated carbocycles. The Morgan fingerprint density at radius 3 is 2.43 bits per heavy atom. The van der Waals surface area contributed by atoms with Gasteiger partial charge in [0.05, 0.1) is 6.04 Å². The van der Waals surface area contributed by atoms with E-state index in [1.807, 2.05) is 49.4 Å². The van der Waals surface area contributed by atoms with Gasteiger partial charge in [0.15, 0.2) is 0 Å². The van der Waals surface area contributed by atoms with E-state index in [4.69, 9.17) is 0 Å². The average molecular weight is 347 g/mol. The average Bonchev–Trinajstić information content (AvgIpc) is 2.49. The van der Waals surface area contributed by atoms with Crippen LogP contribution in [0.4, 0.5) is 4.79 Å². The lowest BCUT2D eigenvalue weighted by atomic mass is 10.1. The van der Waals surface area contributed by atoms with Crippen molar-refractivity contribution in [2.75, 3.05) is 6.54 Å². The fourth-order valence-corrected chi connectivity index (χ4v) is 2.31. The van der Waals surface area contributed by atoms with Crippen LogP contribution in [-0.4, -0.2) is 12.6 Å². The Labute approximate surface area is 133 Å². The Hall–Kier alpha value is -1.81. The fraction of sp³-hybridized carbons (Fsp3) is 0.235. The molecule has 1 atom stereocenters. The van der Waals surface area contributed by atoms with E-state index in [2.05, 4.69) is 38.7 Å². The van der Waals surface area contributed by atoms with Crippen LogP contribution in [0, 0.1) is 0 Å². The van der Waals surface area contributed by atoms with E-state index in [0.717, 1.165) is 16.5 Å². The Kier molecular flexibility index (Phi) is 5.81. The number of benzene rings is 2. The van der Waals surface area contributed by atoms with Crippen molar-refractivity contribution in [3.05, 3.63) is 70.2 Å². The van der Waals surface area contributed by atoms with E-state index in [-0.39, 0.29) is 12.1 Å². The zero-order valence-corrected chi connectivity index (χ0v) is 13.6. The minimum absolute atomic E-state index is 0.0187. The molecule has 110 valence electrons. The summed E-state index contributed by atoms with van der Waals surface area (Å²) in [5, 5.41) is 5.82. The Bertz CT molecular complexity index is 569. The Balaban J connectivity index is 1.75. The fourth-order valence-electron chi connectivity index (χ4n) is 2.05. The van der Waals surface area contributed by atoms with Crippen LogP contribution in [0.5, 0.6) is 0 Å². The van der Waals surface area contributed by atoms with Crippen molar-refractivity contribution in [1.29, 1.82) is 0 Å². The van der Waals surface area contributed by atoms with Crippen molar-refractivity contribution in [2.45, 2.75) is 19.4 Å². The molecule has 0 fully saturated rings. The Morgan fingerprint density at radius 1 is 1.10 bits per heavy atom. The molecule has 0 saturated heterocycles. The van der Waals surface area contributed by atoms with E-state index >= 15 is 0 Å². The first-order chi connectivity index (χ1) is 10.1. The largest absolute Gasteiger partial charge is 0.338 e. The lowest BCUT2D eigenvalue weighted by molar-refractivity contribution is 0.238. The van der Waals surface area contributed by atoms with E-state index in [1.165, 1.54) is 5.56 Å². The second-order valence-electron chi connectivity index (χ2n) is 4.91. The first kappa shape index (κ1) is 15.6. The first-order valence-corrected chi connectivity index (χ1v) is 7.78. The van der Waals surface area contributed by atoms with Gasteiger partial charge in [-0.2, -0.15) is 0 Å². The molecule has 0 bridgehead atoms. The van der Waals surface area contributed by atoms with Crippen LogP contribution < -0.4 is 10.6 Å². The molecular formula is C17H19BrN2O. The van der Waals surface area contributed by atoms with Crippen molar-refractivity contribution in [3.63, 3.8) is 0 Å². The minimum atomic E-state index is -0.138. The van der Waals surface area contributed by atoms with E-state index in [1.54, 1.807) is 0 Å². The number of nitrogens with one attached hydrogen (secondary N) is 2. The van der Waals surface area contributed by atoms with Crippen molar-refractivity contribution >= 4 is 22.0 Å². The minimum Gasteiger partial charge on any atom is -0.338 e. The SMILES string of the molecule is C[C@H](NC(=O)NCCc1ccccc1)c1ccc(Br)cc1. The number of hydrogen-bond donors (Lipinski definition) is 2. The lowest BCUT2D eigenvalue weighted by Gasteiger charge is -2.15. The van der Waals surface area contributed by atoms with E-state index in [0.29, 0.717) is 6.54 Å². The van der Waals surface area contributed by atoms with Crippen LogP contribution in [0.1, 0.15) is 24.1 Å². The monoisotopic (exact) mass is 346 g/mol. The maximum atomic E-state index is 11.9. The summed E-state index contributed by atoms with van der Waals surface area (Å²) in [6, 6.07) is 17.9. The number of carbonyl (C=O) groups excluding carboxylic acids is 1. The van der Waals surface area contributed by atoms with Gasteiger partial charge in [-0.25, -0.2) is 4.79 Å². The van der Waals surface area contributed by atoms with Crippen LogP contribution in [0.3, 0.4) is 0 Å². The van der Waals surface area contributed by atoms with Gasteiger partial charge < -0.3 is 10.6 Å². The number of urea groups is 1. The molecule has 0 aliphatic rings. The highest BCUT2D eigenvalue weighted by atomic mass is 79.9. The summed E-state index contributed by atoms with van der Waals surface area (Å²) in [5.74, 6) is 0. The molecule has 0 aromatic heterocycles. The van der Waals surface area contributed by atoms with Crippen molar-refractivity contribution < 1.29 is 4.79 Å². The number of rotatable bonds is 5. The summed E-state index contributed by atoms with van der Waals surface area (Å²) < 4.78 is 1.03. The number of halogens is 1. The molecule has 0 aliphatic heterocycles. The van der Waals surface area contributed by atoms with Gasteiger partial charge in [0.1, 0.15) is 0 Å². The second-order valence-corrected chi connectivity index (χ2v) is 5.82. The standard InChI is InChI=1S/C17H19BrN2O/c1-13(15-7-9-16(18)10-8-15)20-17(21)19-12-11-14-5-3-2-4-6-14/h2-10,13H,11-12H2,1H3,(H2,19,20,21)/t13-/m0/s1. The van der Waals surface area contributed by atoms with Crippen LogP contribution >= 0.6 is 15.9 Å². The third-order valence-corrected chi connectivity index (χ3v) is 3.79. The molecule has 2 aromatic carbocycles.